The molecule has 0 radical (unpaired) electrons. The molecule has 0 aliphatic carbocycles. The molecule has 1 heterocycles. The zero-order valence-electron chi connectivity index (χ0n) is 16.5. The molecular weight excluding hydrogens is 393 g/mol. The minimum absolute atomic E-state index is 0.0876. The van der Waals surface area contributed by atoms with E-state index in [1.54, 1.807) is 54.1 Å². The average Bonchev–Trinajstić information content (AvgIpc) is 3.14. The molecule has 0 fully saturated rings. The van der Waals surface area contributed by atoms with Crippen LogP contribution in [0.1, 0.15) is 26.1 Å². The van der Waals surface area contributed by atoms with E-state index >= 15 is 0 Å². The van der Waals surface area contributed by atoms with Crippen LogP contribution in [0.15, 0.2) is 53.7 Å². The topological polar surface area (TPSA) is 66.2 Å². The van der Waals surface area contributed by atoms with Crippen LogP contribution in [0, 0.1) is 5.82 Å². The summed E-state index contributed by atoms with van der Waals surface area (Å²) in [7, 11) is 1.59. The molecule has 0 N–H and O–H groups in total. The molecule has 2 aromatic carbocycles. The van der Waals surface area contributed by atoms with E-state index in [1.807, 2.05) is 13.8 Å². The van der Waals surface area contributed by atoms with Crippen molar-refractivity contribution in [2.75, 3.05) is 7.11 Å². The summed E-state index contributed by atoms with van der Waals surface area (Å²) in [6.07, 6.45) is 0.426. The highest BCUT2D eigenvalue weighted by molar-refractivity contribution is 8.00. The molecule has 0 bridgehead atoms. The van der Waals surface area contributed by atoms with Gasteiger partial charge < -0.3 is 9.47 Å². The van der Waals surface area contributed by atoms with Gasteiger partial charge in [-0.3, -0.25) is 9.36 Å². The minimum atomic E-state index is -0.408. The number of carbonyl (C=O) groups excluding carboxylic acids is 1. The number of aromatic nitrogens is 3. The first kappa shape index (κ1) is 20.9. The maximum atomic E-state index is 14.5. The molecule has 1 unspecified atom stereocenters. The minimum Gasteiger partial charge on any atom is -0.497 e. The van der Waals surface area contributed by atoms with Crippen LogP contribution in [0.2, 0.25) is 0 Å². The smallest absolute Gasteiger partial charge is 0.196 e. The van der Waals surface area contributed by atoms with Crippen molar-refractivity contribution in [1.82, 2.24) is 14.8 Å². The van der Waals surface area contributed by atoms with Crippen LogP contribution in [-0.4, -0.2) is 32.9 Å². The first-order valence-electron chi connectivity index (χ1n) is 9.19. The highest BCUT2D eigenvalue weighted by Crippen LogP contribution is 2.28. The average molecular weight is 415 g/mol. The van der Waals surface area contributed by atoms with Crippen molar-refractivity contribution >= 4 is 17.5 Å². The van der Waals surface area contributed by atoms with Crippen molar-refractivity contribution in [2.24, 2.45) is 0 Å². The van der Waals surface area contributed by atoms with Crippen LogP contribution in [0.3, 0.4) is 0 Å². The fourth-order valence-electron chi connectivity index (χ4n) is 2.68. The van der Waals surface area contributed by atoms with Crippen LogP contribution < -0.4 is 9.47 Å². The fourth-order valence-corrected chi connectivity index (χ4v) is 3.69. The monoisotopic (exact) mass is 415 g/mol. The Labute approximate surface area is 173 Å². The Balaban J connectivity index is 1.89. The molecule has 0 spiro atoms. The normalized spacial score (nSPS) is 11.9. The van der Waals surface area contributed by atoms with Crippen molar-refractivity contribution < 1.29 is 18.7 Å². The van der Waals surface area contributed by atoms with Crippen molar-refractivity contribution in [2.45, 2.75) is 37.3 Å². The number of para-hydroxylation sites is 1. The zero-order valence-corrected chi connectivity index (χ0v) is 17.3. The summed E-state index contributed by atoms with van der Waals surface area (Å²) in [6, 6.07) is 13.5. The number of nitrogens with zero attached hydrogens (tertiary/aromatic N) is 3. The third-order valence-electron chi connectivity index (χ3n) is 4.31. The molecular formula is C21H22FN3O3S. The van der Waals surface area contributed by atoms with Crippen molar-refractivity contribution in [3.63, 3.8) is 0 Å². The molecule has 0 amide bonds. The largest absolute Gasteiger partial charge is 0.497 e. The number of halogens is 1. The molecule has 0 aliphatic rings. The van der Waals surface area contributed by atoms with E-state index in [2.05, 4.69) is 10.2 Å². The Kier molecular flexibility index (Phi) is 6.87. The molecule has 1 aromatic heterocycles. The number of benzene rings is 2. The molecule has 152 valence electrons. The van der Waals surface area contributed by atoms with Crippen molar-refractivity contribution in [1.29, 1.82) is 0 Å². The van der Waals surface area contributed by atoms with Gasteiger partial charge in [0.25, 0.3) is 0 Å². The third kappa shape index (κ3) is 4.95. The second-order valence-corrected chi connectivity index (χ2v) is 7.54. The Morgan fingerprint density at radius 1 is 1.14 bits per heavy atom. The lowest BCUT2D eigenvalue weighted by molar-refractivity contribution is -0.118. The Morgan fingerprint density at radius 2 is 1.83 bits per heavy atom. The highest BCUT2D eigenvalue weighted by Gasteiger charge is 2.22. The summed E-state index contributed by atoms with van der Waals surface area (Å²) in [4.78, 5) is 12.0. The number of Topliss-reactive ketones (excluding diaryl/α,β-unsaturated/α-hetero) is 1. The fraction of sp³-hybridized carbons (Fsp3) is 0.286. The van der Waals surface area contributed by atoms with Gasteiger partial charge in [0, 0.05) is 6.42 Å². The highest BCUT2D eigenvalue weighted by atomic mass is 32.2. The number of thioether (sulfide) groups is 1. The van der Waals surface area contributed by atoms with E-state index in [4.69, 9.17) is 9.47 Å². The van der Waals surface area contributed by atoms with E-state index in [0.717, 1.165) is 5.75 Å². The number of rotatable bonds is 9. The van der Waals surface area contributed by atoms with Gasteiger partial charge in [0.05, 0.1) is 18.0 Å². The predicted octanol–water partition coefficient (Wildman–Crippen LogP) is 4.45. The molecule has 6 nitrogen and oxygen atoms in total. The third-order valence-corrected chi connectivity index (χ3v) is 5.40. The van der Waals surface area contributed by atoms with Crippen LogP contribution in [0.4, 0.5) is 4.39 Å². The number of carbonyl (C=O) groups is 1. The van der Waals surface area contributed by atoms with Gasteiger partial charge in [-0.2, -0.15) is 0 Å². The molecule has 0 aliphatic heterocycles. The summed E-state index contributed by atoms with van der Waals surface area (Å²) in [5.41, 5.74) is 0.310. The van der Waals surface area contributed by atoms with Crippen molar-refractivity contribution in [3.05, 3.63) is 60.2 Å². The van der Waals surface area contributed by atoms with Gasteiger partial charge in [-0.1, -0.05) is 30.8 Å². The van der Waals surface area contributed by atoms with Gasteiger partial charge in [0.2, 0.25) is 0 Å². The summed E-state index contributed by atoms with van der Waals surface area (Å²) in [5.74, 6) is 1.46. The molecule has 0 saturated heterocycles. The number of ether oxygens (including phenoxy) is 2. The van der Waals surface area contributed by atoms with Gasteiger partial charge in [-0.25, -0.2) is 4.39 Å². The van der Waals surface area contributed by atoms with Gasteiger partial charge in [-0.15, -0.1) is 10.2 Å². The summed E-state index contributed by atoms with van der Waals surface area (Å²) in [5, 5.41) is 8.50. The van der Waals surface area contributed by atoms with Crippen molar-refractivity contribution in [3.8, 4) is 17.2 Å². The SMILES string of the molecule is CCC(=O)C(C)Sc1nnc(COc2ccc(OC)cc2)n1-c1ccccc1F. The number of methoxy groups -OCH3 is 1. The van der Waals surface area contributed by atoms with Gasteiger partial charge in [0.1, 0.15) is 29.7 Å². The van der Waals surface area contributed by atoms with E-state index in [9.17, 15) is 9.18 Å². The molecule has 1 atom stereocenters. The summed E-state index contributed by atoms with van der Waals surface area (Å²) < 4.78 is 27.1. The molecule has 29 heavy (non-hydrogen) atoms. The maximum Gasteiger partial charge on any atom is 0.196 e. The van der Waals surface area contributed by atoms with Crippen LogP contribution in [0.25, 0.3) is 5.69 Å². The predicted molar refractivity (Wildman–Crippen MR) is 109 cm³/mol. The number of hydrogen-bond acceptors (Lipinski definition) is 6. The first-order chi connectivity index (χ1) is 14.0. The second-order valence-electron chi connectivity index (χ2n) is 6.23. The maximum absolute atomic E-state index is 14.5. The van der Waals surface area contributed by atoms with Gasteiger partial charge in [-0.05, 0) is 43.3 Å². The number of hydrogen-bond donors (Lipinski definition) is 0. The zero-order chi connectivity index (χ0) is 20.8. The van der Waals surface area contributed by atoms with E-state index in [0.29, 0.717) is 28.8 Å². The lowest BCUT2D eigenvalue weighted by Gasteiger charge is -2.13. The Bertz CT molecular complexity index is 976. The second kappa shape index (κ2) is 9.56. The summed E-state index contributed by atoms with van der Waals surface area (Å²) >= 11 is 1.25. The lowest BCUT2D eigenvalue weighted by atomic mass is 10.2. The van der Waals surface area contributed by atoms with Gasteiger partial charge >= 0.3 is 0 Å². The Morgan fingerprint density at radius 3 is 2.48 bits per heavy atom. The lowest BCUT2D eigenvalue weighted by Crippen LogP contribution is -2.14. The van der Waals surface area contributed by atoms with E-state index in [1.165, 1.54) is 17.8 Å². The standard InChI is InChI=1S/C21H22FN3O3S/c1-4-19(26)14(2)29-21-24-23-20(25(21)18-8-6-5-7-17(18)22)13-28-16-11-9-15(27-3)10-12-16/h5-12,14H,4,13H2,1-3H3. The quantitative estimate of drug-likeness (QED) is 0.481. The molecule has 3 rings (SSSR count). The van der Waals surface area contributed by atoms with E-state index < -0.39 is 5.82 Å². The van der Waals surface area contributed by atoms with Gasteiger partial charge in [0.15, 0.2) is 11.0 Å². The van der Waals surface area contributed by atoms with Crippen LogP contribution in [0.5, 0.6) is 11.5 Å². The molecule has 3 aromatic rings. The van der Waals surface area contributed by atoms with E-state index in [-0.39, 0.29) is 17.6 Å². The van der Waals surface area contributed by atoms with Crippen LogP contribution >= 0.6 is 11.8 Å². The van der Waals surface area contributed by atoms with Crippen LogP contribution in [-0.2, 0) is 11.4 Å². The number of ketones is 1. The first-order valence-corrected chi connectivity index (χ1v) is 10.1. The molecule has 8 heteroatoms. The molecule has 0 saturated carbocycles. The summed E-state index contributed by atoms with van der Waals surface area (Å²) in [6.45, 7) is 3.71. The Hall–Kier alpha value is -2.87.